The van der Waals surface area contributed by atoms with Crippen molar-refractivity contribution in [3.05, 3.63) is 123 Å². The zero-order chi connectivity index (χ0) is 30.6. The lowest BCUT2D eigenvalue weighted by Gasteiger charge is -2.15. The Kier molecular flexibility index (Phi) is 8.48. The number of benzene rings is 4. The summed E-state index contributed by atoms with van der Waals surface area (Å²) in [5.41, 5.74) is -0.130. The molecule has 4 aromatic rings. The van der Waals surface area contributed by atoms with E-state index in [1.54, 1.807) is 25.1 Å². The lowest BCUT2D eigenvalue weighted by atomic mass is 10.1. The molecule has 1 heterocycles. The third-order valence-electron chi connectivity index (χ3n) is 6.07. The maximum absolute atomic E-state index is 13.6. The lowest BCUT2D eigenvalue weighted by molar-refractivity contribution is -0.385. The Morgan fingerprint density at radius 3 is 2.26 bits per heavy atom. The molecule has 0 saturated carbocycles. The monoisotopic (exact) mass is 605 g/mol. The molecule has 4 aromatic carbocycles. The molecule has 12 heteroatoms. The van der Waals surface area contributed by atoms with Crippen molar-refractivity contribution in [1.29, 1.82) is 0 Å². The fourth-order valence-corrected chi connectivity index (χ4v) is 5.13. The molecule has 0 aliphatic carbocycles. The highest BCUT2D eigenvalue weighted by molar-refractivity contribution is 8.19. The molecule has 1 aliphatic rings. The average molecular weight is 606 g/mol. The summed E-state index contributed by atoms with van der Waals surface area (Å²) in [6.07, 6.45) is -3.10. The Morgan fingerprint density at radius 2 is 1.60 bits per heavy atom. The summed E-state index contributed by atoms with van der Waals surface area (Å²) in [6.45, 7) is 1.92. The molecular formula is C31H22F3N3O5S. The summed E-state index contributed by atoms with van der Waals surface area (Å²) < 4.78 is 50.7. The van der Waals surface area contributed by atoms with Gasteiger partial charge in [-0.05, 0) is 78.9 Å². The molecule has 0 atom stereocenters. The minimum atomic E-state index is -4.76. The summed E-state index contributed by atoms with van der Waals surface area (Å²) in [5.74, 6) is -0.439. The number of nitro groups is 1. The Balaban J connectivity index is 1.49. The van der Waals surface area contributed by atoms with E-state index in [1.165, 1.54) is 22.7 Å². The number of amides is 1. The van der Waals surface area contributed by atoms with Crippen molar-refractivity contribution in [1.82, 2.24) is 0 Å². The van der Waals surface area contributed by atoms with Gasteiger partial charge in [-0.1, -0.05) is 42.5 Å². The smallest absolute Gasteiger partial charge is 0.416 e. The van der Waals surface area contributed by atoms with E-state index in [2.05, 4.69) is 4.99 Å². The van der Waals surface area contributed by atoms with Gasteiger partial charge in [-0.25, -0.2) is 4.99 Å². The second kappa shape index (κ2) is 12.4. The van der Waals surface area contributed by atoms with Gasteiger partial charge in [0.1, 0.15) is 0 Å². The number of carbonyl (C=O) groups is 1. The number of nitrogens with zero attached hydrogens (tertiary/aromatic N) is 3. The zero-order valence-electron chi connectivity index (χ0n) is 22.4. The number of hydrogen-bond donors (Lipinski definition) is 0. The summed E-state index contributed by atoms with van der Waals surface area (Å²) in [4.78, 5) is 30.8. The number of nitro benzene ring substituents is 1. The number of halogens is 3. The molecule has 0 N–H and O–H groups in total. The van der Waals surface area contributed by atoms with Crippen LogP contribution in [0.5, 0.6) is 17.2 Å². The van der Waals surface area contributed by atoms with E-state index in [0.29, 0.717) is 39.1 Å². The van der Waals surface area contributed by atoms with Gasteiger partial charge < -0.3 is 9.47 Å². The highest BCUT2D eigenvalue weighted by Crippen LogP contribution is 2.42. The first-order valence-corrected chi connectivity index (χ1v) is 13.7. The zero-order valence-corrected chi connectivity index (χ0v) is 23.3. The van der Waals surface area contributed by atoms with Gasteiger partial charge in [-0.3, -0.25) is 19.8 Å². The normalized spacial score (nSPS) is 15.3. The molecule has 0 aromatic heterocycles. The van der Waals surface area contributed by atoms with Crippen molar-refractivity contribution in [3.63, 3.8) is 0 Å². The maximum Gasteiger partial charge on any atom is 0.416 e. The third-order valence-corrected chi connectivity index (χ3v) is 7.04. The van der Waals surface area contributed by atoms with Crippen LogP contribution in [0.4, 0.5) is 30.2 Å². The van der Waals surface area contributed by atoms with Gasteiger partial charge in [-0.15, -0.1) is 0 Å². The van der Waals surface area contributed by atoms with Crippen LogP contribution in [0.1, 0.15) is 18.1 Å². The van der Waals surface area contributed by atoms with E-state index in [0.717, 1.165) is 6.07 Å². The Morgan fingerprint density at radius 1 is 0.930 bits per heavy atom. The van der Waals surface area contributed by atoms with E-state index in [4.69, 9.17) is 9.47 Å². The molecule has 1 fully saturated rings. The summed E-state index contributed by atoms with van der Waals surface area (Å²) >= 11 is 1.19. The quantitative estimate of drug-likeness (QED) is 0.113. The lowest BCUT2D eigenvalue weighted by Crippen LogP contribution is -2.28. The van der Waals surface area contributed by atoms with Crippen molar-refractivity contribution in [2.24, 2.45) is 4.99 Å². The minimum absolute atomic E-state index is 0.0505. The van der Waals surface area contributed by atoms with Gasteiger partial charge in [0.25, 0.3) is 5.91 Å². The summed E-state index contributed by atoms with van der Waals surface area (Å²) in [7, 11) is 0. The summed E-state index contributed by atoms with van der Waals surface area (Å²) in [6, 6.07) is 25.0. The highest BCUT2D eigenvalue weighted by atomic mass is 32.2. The van der Waals surface area contributed by atoms with E-state index in [-0.39, 0.29) is 29.8 Å². The van der Waals surface area contributed by atoms with Gasteiger partial charge >= 0.3 is 11.9 Å². The number of carbonyl (C=O) groups excluding carboxylic acids is 1. The highest BCUT2D eigenvalue weighted by Gasteiger charge is 2.35. The number of rotatable bonds is 8. The second-order valence-electron chi connectivity index (χ2n) is 9.00. The fraction of sp³-hybridized carbons (Fsp3) is 0.0968. The molecular weight excluding hydrogens is 583 g/mol. The molecule has 1 saturated heterocycles. The molecule has 8 nitrogen and oxygen atoms in total. The van der Waals surface area contributed by atoms with Crippen LogP contribution in [0.3, 0.4) is 0 Å². The number of thioether (sulfide) groups is 1. The average Bonchev–Trinajstić information content (AvgIpc) is 3.28. The van der Waals surface area contributed by atoms with Crippen LogP contribution in [0.25, 0.3) is 6.08 Å². The van der Waals surface area contributed by atoms with Crippen molar-refractivity contribution in [2.45, 2.75) is 13.1 Å². The molecule has 1 amide bonds. The number of ether oxygens (including phenoxy) is 2. The molecule has 0 radical (unpaired) electrons. The topological polar surface area (TPSA) is 94.3 Å². The van der Waals surface area contributed by atoms with Crippen LogP contribution in [-0.4, -0.2) is 22.6 Å². The van der Waals surface area contributed by atoms with E-state index >= 15 is 0 Å². The third kappa shape index (κ3) is 6.70. The van der Waals surface area contributed by atoms with Gasteiger partial charge in [0.15, 0.2) is 16.7 Å². The number of para-hydroxylation sites is 2. The van der Waals surface area contributed by atoms with Crippen LogP contribution in [0, 0.1) is 10.1 Å². The van der Waals surface area contributed by atoms with Crippen molar-refractivity contribution < 1.29 is 32.4 Å². The predicted octanol–water partition coefficient (Wildman–Crippen LogP) is 8.61. The Bertz CT molecular complexity index is 1730. The van der Waals surface area contributed by atoms with Crippen molar-refractivity contribution in [3.8, 4) is 17.2 Å². The molecule has 0 unspecified atom stereocenters. The molecule has 43 heavy (non-hydrogen) atoms. The Labute approximate surface area is 248 Å². The van der Waals surface area contributed by atoms with Crippen LogP contribution in [-0.2, 0) is 11.0 Å². The number of amidine groups is 1. The summed E-state index contributed by atoms with van der Waals surface area (Å²) in [5, 5.41) is 12.0. The molecule has 5 rings (SSSR count). The molecule has 0 bridgehead atoms. The first kappa shape index (κ1) is 29.4. The molecule has 0 spiro atoms. The van der Waals surface area contributed by atoms with E-state index in [1.807, 2.05) is 60.7 Å². The SMILES string of the molecule is CCOc1cc(/C=C2\SC(=Nc3ccccc3)N(c3ccccc3)C2=O)ccc1Oc1ccc(C(F)(F)F)cc1[N+](=O)[O-]. The first-order chi connectivity index (χ1) is 20.6. The van der Waals surface area contributed by atoms with Crippen molar-refractivity contribution in [2.75, 3.05) is 11.5 Å². The number of anilines is 1. The Hall–Kier alpha value is -5.10. The maximum atomic E-state index is 13.6. The van der Waals surface area contributed by atoms with Crippen LogP contribution >= 0.6 is 11.8 Å². The van der Waals surface area contributed by atoms with Gasteiger partial charge in [0, 0.05) is 6.07 Å². The standard InChI is InChI=1S/C31H22F3N3O5S/c1-2-41-27-17-20(13-15-26(27)42-25-16-14-21(31(32,33)34)19-24(25)37(39)40)18-28-29(38)36(23-11-7-4-8-12-23)30(43-28)35-22-9-5-3-6-10-22/h3-19H,2H2,1H3/b28-18-,35-30?. The van der Waals surface area contributed by atoms with Crippen molar-refractivity contribution >= 4 is 46.0 Å². The molecule has 218 valence electrons. The van der Waals surface area contributed by atoms with Crippen LogP contribution in [0.2, 0.25) is 0 Å². The van der Waals surface area contributed by atoms with Gasteiger partial charge in [0.05, 0.1) is 33.4 Å². The van der Waals surface area contributed by atoms with Gasteiger partial charge in [0.2, 0.25) is 5.75 Å². The first-order valence-electron chi connectivity index (χ1n) is 12.9. The van der Waals surface area contributed by atoms with E-state index < -0.39 is 22.4 Å². The largest absolute Gasteiger partial charge is 0.490 e. The number of hydrogen-bond acceptors (Lipinski definition) is 7. The predicted molar refractivity (Wildman–Crippen MR) is 159 cm³/mol. The molecule has 1 aliphatic heterocycles. The van der Waals surface area contributed by atoms with Crippen LogP contribution in [0.15, 0.2) is 107 Å². The van der Waals surface area contributed by atoms with Gasteiger partial charge in [-0.2, -0.15) is 13.2 Å². The van der Waals surface area contributed by atoms with E-state index in [9.17, 15) is 28.1 Å². The minimum Gasteiger partial charge on any atom is -0.490 e. The van der Waals surface area contributed by atoms with Crippen LogP contribution < -0.4 is 14.4 Å². The number of alkyl halides is 3. The second-order valence-corrected chi connectivity index (χ2v) is 10.0. The fourth-order valence-electron chi connectivity index (χ4n) is 4.13. The number of aliphatic imine (C=N–C) groups is 1.